The molecule has 1 atom stereocenters. The molecule has 0 radical (unpaired) electrons. The Balaban J connectivity index is 2.45. The molecule has 0 saturated carbocycles. The van der Waals surface area contributed by atoms with Crippen molar-refractivity contribution in [2.45, 2.75) is 31.0 Å². The third kappa shape index (κ3) is 4.30. The van der Waals surface area contributed by atoms with E-state index < -0.39 is 55.4 Å². The summed E-state index contributed by atoms with van der Waals surface area (Å²) in [6.45, 7) is 1.91. The number of nitrogens with one attached hydrogen (secondary N) is 1. The molecule has 0 spiro atoms. The molecular weight excluding hydrogens is 457 g/mol. The summed E-state index contributed by atoms with van der Waals surface area (Å²) in [5.41, 5.74) is -0.856. The number of benzene rings is 1. The SMILES string of the molecule is Cc1c(S(=O)(=O)N(C)[C@@H](C)C(F)(F)F)cn(C)c1C(=O)Nc1ccc(F)c(Cl)c1F. The number of sulfonamides is 1. The topological polar surface area (TPSA) is 71.4 Å². The van der Waals surface area contributed by atoms with Gasteiger partial charge in [0.1, 0.15) is 27.5 Å². The predicted molar refractivity (Wildman–Crippen MR) is 99.9 cm³/mol. The average Bonchev–Trinajstić information content (AvgIpc) is 2.95. The summed E-state index contributed by atoms with van der Waals surface area (Å²) in [6.07, 6.45) is -3.82. The Bertz CT molecular complexity index is 1100. The number of alkyl halides is 3. The summed E-state index contributed by atoms with van der Waals surface area (Å²) in [5, 5.41) is 1.30. The van der Waals surface area contributed by atoms with Gasteiger partial charge in [0.25, 0.3) is 5.91 Å². The minimum atomic E-state index is -4.80. The monoisotopic (exact) mass is 473 g/mol. The fourth-order valence-electron chi connectivity index (χ4n) is 2.68. The summed E-state index contributed by atoms with van der Waals surface area (Å²) in [4.78, 5) is 12.1. The second-order valence-corrected chi connectivity index (χ2v) is 8.84. The van der Waals surface area contributed by atoms with Crippen LogP contribution in [0.3, 0.4) is 0 Å². The lowest BCUT2D eigenvalue weighted by molar-refractivity contribution is -0.164. The normalized spacial score (nSPS) is 13.6. The molecule has 0 unspecified atom stereocenters. The van der Waals surface area contributed by atoms with Crippen molar-refractivity contribution in [1.29, 1.82) is 0 Å². The van der Waals surface area contributed by atoms with Crippen LogP contribution < -0.4 is 5.32 Å². The van der Waals surface area contributed by atoms with E-state index in [9.17, 15) is 35.2 Å². The number of rotatable bonds is 5. The van der Waals surface area contributed by atoms with Gasteiger partial charge < -0.3 is 9.88 Å². The molecule has 2 rings (SSSR count). The lowest BCUT2D eigenvalue weighted by Crippen LogP contribution is -2.44. The van der Waals surface area contributed by atoms with Crippen LogP contribution in [0.5, 0.6) is 0 Å². The number of anilines is 1. The van der Waals surface area contributed by atoms with Crippen molar-refractivity contribution in [2.75, 3.05) is 12.4 Å². The van der Waals surface area contributed by atoms with Crippen LogP contribution in [0, 0.1) is 18.6 Å². The van der Waals surface area contributed by atoms with E-state index in [1.54, 1.807) is 0 Å². The van der Waals surface area contributed by atoms with Gasteiger partial charge in [0.15, 0.2) is 5.82 Å². The number of nitrogens with zero attached hydrogens (tertiary/aromatic N) is 2. The van der Waals surface area contributed by atoms with Crippen molar-refractivity contribution in [1.82, 2.24) is 8.87 Å². The van der Waals surface area contributed by atoms with Gasteiger partial charge in [0.05, 0.1) is 5.69 Å². The molecule has 0 aliphatic carbocycles. The molecule has 0 aliphatic rings. The number of amides is 1. The van der Waals surface area contributed by atoms with E-state index in [2.05, 4.69) is 5.32 Å². The van der Waals surface area contributed by atoms with E-state index in [-0.39, 0.29) is 15.6 Å². The van der Waals surface area contributed by atoms with Crippen molar-refractivity contribution >= 4 is 33.2 Å². The summed E-state index contributed by atoms with van der Waals surface area (Å²) < 4.78 is 92.8. The molecule has 13 heteroatoms. The first-order valence-corrected chi connectivity index (χ1v) is 10.1. The van der Waals surface area contributed by atoms with Crippen LogP contribution in [-0.2, 0) is 17.1 Å². The first kappa shape index (κ1) is 24.1. The largest absolute Gasteiger partial charge is 0.404 e. The second kappa shape index (κ2) is 8.16. The highest BCUT2D eigenvalue weighted by Crippen LogP contribution is 2.31. The smallest absolute Gasteiger partial charge is 0.345 e. The number of aryl methyl sites for hydroxylation is 1. The van der Waals surface area contributed by atoms with Gasteiger partial charge in [-0.1, -0.05) is 11.6 Å². The molecule has 6 nitrogen and oxygen atoms in total. The fourth-order valence-corrected chi connectivity index (χ4v) is 4.47. The van der Waals surface area contributed by atoms with Gasteiger partial charge in [-0.15, -0.1) is 0 Å². The summed E-state index contributed by atoms with van der Waals surface area (Å²) in [6, 6.07) is -0.569. The van der Waals surface area contributed by atoms with Crippen LogP contribution in [-0.4, -0.2) is 42.5 Å². The molecule has 2 aromatic rings. The van der Waals surface area contributed by atoms with Crippen molar-refractivity contribution in [3.8, 4) is 0 Å². The number of aromatic nitrogens is 1. The third-order valence-corrected chi connectivity index (χ3v) is 6.95. The highest BCUT2D eigenvalue weighted by Gasteiger charge is 2.44. The standard InChI is InChI=1S/C17H17ClF5N3O3S/c1-8-12(30(28,29)26(4)9(2)17(21,22)23)7-25(3)15(8)16(27)24-11-6-5-10(19)13(18)14(11)20/h5-7,9H,1-4H3,(H,24,27)/t9-/m0/s1. The minimum Gasteiger partial charge on any atom is -0.345 e. The Morgan fingerprint density at radius 2 is 1.83 bits per heavy atom. The van der Waals surface area contributed by atoms with Crippen LogP contribution in [0.25, 0.3) is 0 Å². The van der Waals surface area contributed by atoms with E-state index in [1.165, 1.54) is 14.0 Å². The van der Waals surface area contributed by atoms with Gasteiger partial charge in [-0.2, -0.15) is 17.5 Å². The Labute approximate surface area is 174 Å². The van der Waals surface area contributed by atoms with Crippen LogP contribution in [0.1, 0.15) is 23.0 Å². The van der Waals surface area contributed by atoms with Gasteiger partial charge >= 0.3 is 6.18 Å². The first-order chi connectivity index (χ1) is 13.6. The minimum absolute atomic E-state index is 0.148. The fraction of sp³-hybridized carbons (Fsp3) is 0.353. The van der Waals surface area contributed by atoms with Gasteiger partial charge in [-0.05, 0) is 31.5 Å². The van der Waals surface area contributed by atoms with E-state index in [0.29, 0.717) is 6.92 Å². The molecule has 0 aliphatic heterocycles. The lowest BCUT2D eigenvalue weighted by atomic mass is 10.2. The average molecular weight is 474 g/mol. The number of hydrogen-bond acceptors (Lipinski definition) is 3. The summed E-state index contributed by atoms with van der Waals surface area (Å²) >= 11 is 5.46. The van der Waals surface area contributed by atoms with Gasteiger partial charge in [0, 0.05) is 20.3 Å². The molecule has 1 aromatic heterocycles. The van der Waals surface area contributed by atoms with E-state index in [4.69, 9.17) is 11.6 Å². The molecule has 30 heavy (non-hydrogen) atoms. The van der Waals surface area contributed by atoms with E-state index >= 15 is 0 Å². The molecule has 166 valence electrons. The van der Waals surface area contributed by atoms with Crippen molar-refractivity contribution < 1.29 is 35.2 Å². The molecular formula is C17H17ClF5N3O3S. The molecule has 1 aromatic carbocycles. The van der Waals surface area contributed by atoms with Crippen molar-refractivity contribution in [3.63, 3.8) is 0 Å². The molecule has 0 fully saturated rings. The van der Waals surface area contributed by atoms with Crippen LogP contribution in [0.4, 0.5) is 27.6 Å². The second-order valence-electron chi connectivity index (χ2n) is 6.49. The quantitative estimate of drug-likeness (QED) is 0.525. The third-order valence-electron chi connectivity index (χ3n) is 4.56. The highest BCUT2D eigenvalue weighted by molar-refractivity contribution is 7.89. The van der Waals surface area contributed by atoms with Gasteiger partial charge in [0.2, 0.25) is 10.0 Å². The number of carbonyl (C=O) groups excluding carboxylic acids is 1. The van der Waals surface area contributed by atoms with Gasteiger partial charge in [-0.25, -0.2) is 17.2 Å². The van der Waals surface area contributed by atoms with Crippen LogP contribution in [0.15, 0.2) is 23.2 Å². The lowest BCUT2D eigenvalue weighted by Gasteiger charge is -2.26. The molecule has 1 amide bonds. The Hall–Kier alpha value is -2.18. The molecule has 0 bridgehead atoms. The van der Waals surface area contributed by atoms with Crippen LogP contribution >= 0.6 is 11.6 Å². The predicted octanol–water partition coefficient (Wildman–Crippen LogP) is 4.09. The van der Waals surface area contributed by atoms with Crippen LogP contribution in [0.2, 0.25) is 5.02 Å². The van der Waals surface area contributed by atoms with E-state index in [0.717, 1.165) is 29.9 Å². The number of hydrogen-bond donors (Lipinski definition) is 1. The molecule has 0 saturated heterocycles. The highest BCUT2D eigenvalue weighted by atomic mass is 35.5. The molecule has 1 N–H and O–H groups in total. The maximum atomic E-state index is 14.0. The maximum Gasteiger partial charge on any atom is 0.404 e. The summed E-state index contributed by atoms with van der Waals surface area (Å²) in [7, 11) is -2.55. The maximum absolute atomic E-state index is 14.0. The Morgan fingerprint density at radius 3 is 2.37 bits per heavy atom. The molecule has 1 heterocycles. The zero-order valence-corrected chi connectivity index (χ0v) is 17.7. The van der Waals surface area contributed by atoms with E-state index in [1.807, 2.05) is 0 Å². The van der Waals surface area contributed by atoms with Gasteiger partial charge in [-0.3, -0.25) is 4.79 Å². The zero-order valence-electron chi connectivity index (χ0n) is 16.1. The Morgan fingerprint density at radius 1 is 1.27 bits per heavy atom. The summed E-state index contributed by atoms with van der Waals surface area (Å²) in [5.74, 6) is -3.24. The number of carbonyl (C=O) groups is 1. The Kier molecular flexibility index (Phi) is 6.55. The van der Waals surface area contributed by atoms with Crippen molar-refractivity contribution in [2.24, 2.45) is 7.05 Å². The number of halogens is 6. The first-order valence-electron chi connectivity index (χ1n) is 8.26. The van der Waals surface area contributed by atoms with Crippen molar-refractivity contribution in [3.05, 3.63) is 46.2 Å². The zero-order chi connectivity index (χ0) is 23.2.